The minimum atomic E-state index is -1.81. The molecular formula is C38H25ClS. The lowest BCUT2D eigenvalue weighted by atomic mass is 10.0. The molecule has 0 bridgehead atoms. The first-order valence-electron chi connectivity index (χ1n) is 13.5. The largest absolute Gasteiger partial charge is 0.132 e. The van der Waals surface area contributed by atoms with E-state index in [-0.39, 0.29) is 0 Å². The highest BCUT2D eigenvalue weighted by atomic mass is 35.5. The highest BCUT2D eigenvalue weighted by Crippen LogP contribution is 2.80. The number of hydrogen-bond donors (Lipinski definition) is 0. The summed E-state index contributed by atoms with van der Waals surface area (Å²) in [5, 5.41) is 5.82. The maximum Gasteiger partial charge on any atom is 0.0484 e. The average Bonchev–Trinajstić information content (AvgIpc) is 3.31. The van der Waals surface area contributed by atoms with Gasteiger partial charge in [0.15, 0.2) is 0 Å². The van der Waals surface area contributed by atoms with Crippen molar-refractivity contribution in [1.29, 1.82) is 0 Å². The maximum absolute atomic E-state index is 6.74. The van der Waals surface area contributed by atoms with E-state index in [9.17, 15) is 0 Å². The quantitative estimate of drug-likeness (QED) is 0.206. The van der Waals surface area contributed by atoms with Crippen molar-refractivity contribution in [2.75, 3.05) is 0 Å². The summed E-state index contributed by atoms with van der Waals surface area (Å²) in [4.78, 5) is 5.47. The highest BCUT2D eigenvalue weighted by Gasteiger charge is 2.42. The van der Waals surface area contributed by atoms with Crippen molar-refractivity contribution in [1.82, 2.24) is 0 Å². The molecule has 40 heavy (non-hydrogen) atoms. The van der Waals surface area contributed by atoms with Crippen LogP contribution in [0.4, 0.5) is 0 Å². The van der Waals surface area contributed by atoms with Gasteiger partial charge in [-0.05, 0) is 80.7 Å². The van der Waals surface area contributed by atoms with Crippen molar-refractivity contribution in [2.45, 2.75) is 19.6 Å². The van der Waals surface area contributed by atoms with Crippen molar-refractivity contribution in [3.8, 4) is 22.3 Å². The Labute approximate surface area is 240 Å². The Morgan fingerprint density at radius 3 is 1.55 bits per heavy atom. The molecule has 0 aromatic heterocycles. The Hall–Kier alpha value is -4.30. The van der Waals surface area contributed by atoms with Crippen LogP contribution in [-0.2, 0) is 0 Å². The molecule has 0 nitrogen and oxygen atoms in total. The normalized spacial score (nSPS) is 14.1. The van der Waals surface area contributed by atoms with E-state index in [2.05, 4.69) is 140 Å². The summed E-state index contributed by atoms with van der Waals surface area (Å²) >= 11 is 6.74. The average molecular weight is 549 g/mol. The Morgan fingerprint density at radius 1 is 0.375 bits per heavy atom. The summed E-state index contributed by atoms with van der Waals surface area (Å²) in [6.07, 6.45) is 0. The second-order valence-electron chi connectivity index (χ2n) is 10.3. The summed E-state index contributed by atoms with van der Waals surface area (Å²) in [5.74, 6) is 0. The number of hydrogen-bond acceptors (Lipinski definition) is 0. The fraction of sp³-hybridized carbons (Fsp3) is 0. The van der Waals surface area contributed by atoms with E-state index < -0.39 is 10.0 Å². The van der Waals surface area contributed by atoms with Gasteiger partial charge >= 0.3 is 0 Å². The van der Waals surface area contributed by atoms with Gasteiger partial charge in [-0.25, -0.2) is 0 Å². The lowest BCUT2D eigenvalue weighted by Gasteiger charge is -2.39. The van der Waals surface area contributed by atoms with Crippen LogP contribution in [0.1, 0.15) is 0 Å². The smallest absolute Gasteiger partial charge is 0.0484 e. The van der Waals surface area contributed by atoms with Crippen LogP contribution in [0.5, 0.6) is 0 Å². The van der Waals surface area contributed by atoms with Gasteiger partial charge in [-0.15, -0.1) is 10.0 Å². The van der Waals surface area contributed by atoms with Gasteiger partial charge in [-0.2, -0.15) is 0 Å². The number of fused-ring (bicyclic) bond motifs is 5. The summed E-state index contributed by atoms with van der Waals surface area (Å²) in [5.41, 5.74) is 4.84. The fourth-order valence-corrected chi connectivity index (χ4v) is 10.8. The third kappa shape index (κ3) is 3.42. The standard InChI is InChI=1S/C38H25ClS/c39-36-15-7-5-13-33(36)30-19-22-35-34-14-6-8-16-37(34)40(38(35)25-30,31-20-17-26-9-1-3-11-28(26)23-31)32-21-18-27-10-2-4-12-29(27)24-32/h1-25H. The lowest BCUT2D eigenvalue weighted by molar-refractivity contribution is 1.31. The third-order valence-corrected chi connectivity index (χ3v) is 12.4. The second kappa shape index (κ2) is 9.13. The molecule has 0 saturated carbocycles. The number of benzene rings is 7. The molecule has 0 saturated heterocycles. The monoisotopic (exact) mass is 548 g/mol. The molecule has 0 atom stereocenters. The van der Waals surface area contributed by atoms with Gasteiger partial charge < -0.3 is 0 Å². The molecular weight excluding hydrogens is 524 g/mol. The van der Waals surface area contributed by atoms with Crippen molar-refractivity contribution >= 4 is 43.2 Å². The summed E-state index contributed by atoms with van der Waals surface area (Å²) in [6.45, 7) is 0. The van der Waals surface area contributed by atoms with Crippen LogP contribution >= 0.6 is 21.6 Å². The minimum Gasteiger partial charge on any atom is -0.132 e. The first-order valence-corrected chi connectivity index (χ1v) is 15.5. The van der Waals surface area contributed by atoms with Gasteiger partial charge in [0.25, 0.3) is 0 Å². The Kier molecular flexibility index (Phi) is 5.38. The van der Waals surface area contributed by atoms with Crippen LogP contribution in [-0.4, -0.2) is 0 Å². The molecule has 0 N–H and O–H groups in total. The van der Waals surface area contributed by atoms with E-state index in [0.717, 1.165) is 16.1 Å². The van der Waals surface area contributed by atoms with Gasteiger partial charge in [0.05, 0.1) is 0 Å². The Bertz CT molecular complexity index is 2010. The van der Waals surface area contributed by atoms with Gasteiger partial charge in [-0.1, -0.05) is 121 Å². The summed E-state index contributed by atoms with van der Waals surface area (Å²) in [7, 11) is -1.81. The molecule has 0 aliphatic carbocycles. The van der Waals surface area contributed by atoms with Crippen LogP contribution in [0.25, 0.3) is 43.8 Å². The highest BCUT2D eigenvalue weighted by molar-refractivity contribution is 8.34. The van der Waals surface area contributed by atoms with E-state index in [1.807, 2.05) is 12.1 Å². The lowest BCUT2D eigenvalue weighted by Crippen LogP contribution is -2.02. The predicted molar refractivity (Wildman–Crippen MR) is 171 cm³/mol. The van der Waals surface area contributed by atoms with Gasteiger partial charge in [0.1, 0.15) is 0 Å². The van der Waals surface area contributed by atoms with E-state index in [0.29, 0.717) is 0 Å². The molecule has 2 heteroatoms. The SMILES string of the molecule is Clc1ccccc1-c1ccc2c(c1)S(c1ccc3ccccc3c1)(c1ccc3ccccc3c1)c1ccccc1-2. The molecule has 0 unspecified atom stereocenters. The Morgan fingerprint density at radius 2 is 0.900 bits per heavy atom. The van der Waals surface area contributed by atoms with Crippen LogP contribution < -0.4 is 0 Å². The molecule has 190 valence electrons. The molecule has 7 aromatic carbocycles. The first-order chi connectivity index (χ1) is 19.7. The second-order valence-corrected chi connectivity index (χ2v) is 13.8. The summed E-state index contributed by atoms with van der Waals surface area (Å²) < 4.78 is 0. The van der Waals surface area contributed by atoms with Crippen molar-refractivity contribution in [3.05, 3.63) is 157 Å². The first kappa shape index (κ1) is 23.6. The van der Waals surface area contributed by atoms with E-state index >= 15 is 0 Å². The van der Waals surface area contributed by atoms with Crippen molar-refractivity contribution in [3.63, 3.8) is 0 Å². The zero-order valence-electron chi connectivity index (χ0n) is 21.7. The Balaban J connectivity index is 1.52. The zero-order chi connectivity index (χ0) is 26.7. The van der Waals surface area contributed by atoms with Crippen LogP contribution in [0.3, 0.4) is 0 Å². The van der Waals surface area contributed by atoms with Crippen LogP contribution in [0.15, 0.2) is 171 Å². The molecule has 1 aliphatic heterocycles. The fourth-order valence-electron chi connectivity index (χ4n) is 6.30. The molecule has 0 amide bonds. The van der Waals surface area contributed by atoms with E-state index in [1.54, 1.807) is 0 Å². The number of rotatable bonds is 3. The minimum absolute atomic E-state index is 0.773. The van der Waals surface area contributed by atoms with Crippen LogP contribution in [0, 0.1) is 0 Å². The van der Waals surface area contributed by atoms with Crippen molar-refractivity contribution < 1.29 is 0 Å². The topological polar surface area (TPSA) is 0 Å². The molecule has 8 rings (SSSR count). The van der Waals surface area contributed by atoms with E-state index in [4.69, 9.17) is 11.6 Å². The molecule has 1 aliphatic rings. The maximum atomic E-state index is 6.74. The molecule has 1 heterocycles. The third-order valence-electron chi connectivity index (χ3n) is 8.15. The van der Waals surface area contributed by atoms with E-state index in [1.165, 1.54) is 52.3 Å². The number of halogens is 1. The zero-order valence-corrected chi connectivity index (χ0v) is 23.3. The van der Waals surface area contributed by atoms with Gasteiger partial charge in [-0.3, -0.25) is 0 Å². The molecule has 0 radical (unpaired) electrons. The molecule has 7 aromatic rings. The predicted octanol–water partition coefficient (Wildman–Crippen LogP) is 11.6. The van der Waals surface area contributed by atoms with Gasteiger partial charge in [0.2, 0.25) is 0 Å². The van der Waals surface area contributed by atoms with Crippen LogP contribution in [0.2, 0.25) is 5.02 Å². The van der Waals surface area contributed by atoms with Gasteiger partial charge in [0, 0.05) is 30.2 Å². The summed E-state index contributed by atoms with van der Waals surface area (Å²) in [6, 6.07) is 55.6. The van der Waals surface area contributed by atoms with Crippen molar-refractivity contribution in [2.24, 2.45) is 0 Å². The molecule has 0 fully saturated rings. The molecule has 0 spiro atoms.